The predicted octanol–water partition coefficient (Wildman–Crippen LogP) is 10.2. The topological polar surface area (TPSA) is 80.3 Å². The van der Waals surface area contributed by atoms with Gasteiger partial charge in [0.25, 0.3) is 8.32 Å². The first-order valence-corrected chi connectivity index (χ1v) is 27.5. The highest BCUT2D eigenvalue weighted by Gasteiger charge is 2.74. The van der Waals surface area contributed by atoms with Crippen molar-refractivity contribution in [2.75, 3.05) is 0 Å². The lowest BCUT2D eigenvalue weighted by Crippen LogP contribution is -2.68. The van der Waals surface area contributed by atoms with E-state index in [4.69, 9.17) is 23.1 Å². The predicted molar refractivity (Wildman–Crippen MR) is 240 cm³/mol. The summed E-state index contributed by atoms with van der Waals surface area (Å²) in [7, 11) is -5.35. The Labute approximate surface area is 356 Å². The molecule has 2 aromatic carbocycles. The van der Waals surface area contributed by atoms with Crippen molar-refractivity contribution < 1.29 is 32.7 Å². The molecule has 9 heteroatoms. The van der Waals surface area contributed by atoms with Crippen LogP contribution in [-0.2, 0) is 32.7 Å². The molecule has 320 valence electrons. The lowest BCUT2D eigenvalue weighted by Gasteiger charge is -2.62. The molecular weight excluding hydrogens is 769 g/mol. The average molecular weight is 839 g/mol. The lowest BCUT2D eigenvalue weighted by atomic mass is 9.44. The lowest BCUT2D eigenvalue weighted by molar-refractivity contribution is -0.185. The maximum atomic E-state index is 13.3. The summed E-state index contributed by atoms with van der Waals surface area (Å²) >= 11 is 0. The van der Waals surface area contributed by atoms with E-state index in [0.717, 1.165) is 55.4 Å². The summed E-state index contributed by atoms with van der Waals surface area (Å²) in [5, 5.41) is 2.18. The minimum absolute atomic E-state index is 0.0255. The van der Waals surface area contributed by atoms with Crippen LogP contribution in [0.4, 0.5) is 0 Å². The van der Waals surface area contributed by atoms with Gasteiger partial charge in [-0.1, -0.05) is 99.5 Å². The van der Waals surface area contributed by atoms with Crippen LogP contribution in [0.5, 0.6) is 0 Å². The maximum absolute atomic E-state index is 13.3. The molecule has 3 saturated carbocycles. The van der Waals surface area contributed by atoms with E-state index in [1.165, 1.54) is 22.9 Å². The number of esters is 2. The van der Waals surface area contributed by atoms with Crippen LogP contribution in [0.2, 0.25) is 24.7 Å². The van der Waals surface area contributed by atoms with Crippen molar-refractivity contribution in [2.45, 2.75) is 162 Å². The van der Waals surface area contributed by atoms with Gasteiger partial charge in [-0.25, -0.2) is 0 Å². The molecule has 0 saturated heterocycles. The van der Waals surface area contributed by atoms with Crippen molar-refractivity contribution >= 4 is 38.9 Å². The number of fused-ring (bicyclic) bond motifs is 7. The van der Waals surface area contributed by atoms with Gasteiger partial charge in [0.1, 0.15) is 35.8 Å². The number of carbonyl (C=O) groups is 2. The highest BCUT2D eigenvalue weighted by molar-refractivity contribution is 6.99. The van der Waals surface area contributed by atoms with Crippen molar-refractivity contribution in [2.24, 2.45) is 28.6 Å². The van der Waals surface area contributed by atoms with E-state index in [1.54, 1.807) is 6.92 Å². The summed E-state index contributed by atoms with van der Waals surface area (Å²) in [4.78, 5) is 25.3. The largest absolute Gasteiger partial charge is 0.485 e. The van der Waals surface area contributed by atoms with Gasteiger partial charge in [-0.2, -0.15) is 0 Å². The fraction of sp³-hybridized carbons (Fsp3) is 0.600. The van der Waals surface area contributed by atoms with Gasteiger partial charge in [0.05, 0.1) is 5.41 Å². The SMILES string of the molecule is C=C(C)C[C@@H](O[Si](c1ccccc1)(c1ccccc1)C(C)(C)C)C1=C(C)[C@@]2(O[Si](C)(C)C)[C@H](C=C3[C@@H]4CC[C@H]5C[C@@H](OC(C)=O)CC[C@]5(C)[C@H]4C[C@@H](OC(C)=O)[C@@]32C)O1. The summed E-state index contributed by atoms with van der Waals surface area (Å²) in [6.45, 7) is 30.3. The minimum atomic E-state index is -3.03. The molecule has 2 aromatic rings. The Morgan fingerprint density at radius 1 is 0.881 bits per heavy atom. The van der Waals surface area contributed by atoms with Crippen LogP contribution in [0, 0.1) is 28.6 Å². The van der Waals surface area contributed by atoms with E-state index in [2.05, 4.69) is 141 Å². The Hall–Kier alpha value is -3.25. The Morgan fingerprint density at radius 3 is 2.00 bits per heavy atom. The summed E-state index contributed by atoms with van der Waals surface area (Å²) in [6.07, 6.45) is 7.28. The first kappa shape index (κ1) is 43.8. The molecule has 0 unspecified atom stereocenters. The third-order valence-corrected chi connectivity index (χ3v) is 21.1. The number of carbonyl (C=O) groups excluding carboxylic acids is 2. The van der Waals surface area contributed by atoms with Crippen molar-refractivity contribution in [3.63, 3.8) is 0 Å². The van der Waals surface area contributed by atoms with Crippen LogP contribution in [0.15, 0.2) is 95.8 Å². The van der Waals surface area contributed by atoms with Gasteiger partial charge in [0.2, 0.25) is 0 Å². The van der Waals surface area contributed by atoms with Gasteiger partial charge in [-0.05, 0) is 124 Å². The standard InChI is InChI=1S/C50H70O7Si2/c1-32(2)28-43(56-59(47(6,7)8,38-20-16-14-17-21-38)39-22-18-15-19-23-39)46-33(3)50(57-58(11,12)13)45(55-46)31-42-40-25-24-36-29-37(53-34(4)51)26-27-48(36,9)41(40)30-44(49(42,50)10)54-35(5)52/h14-23,31,36-37,40-41,43-45H,1,24-30H2,2-13H3/t36-,37-,40+,41-,43+,44+,45-,48-,49+,50+/m0/s1. The average Bonchev–Trinajstić information content (AvgIpc) is 3.56. The summed E-state index contributed by atoms with van der Waals surface area (Å²) < 4.78 is 35.6. The number of hydrogen-bond acceptors (Lipinski definition) is 7. The highest BCUT2D eigenvalue weighted by atomic mass is 28.4. The molecule has 0 amide bonds. The maximum Gasteiger partial charge on any atom is 0.302 e. The summed E-state index contributed by atoms with van der Waals surface area (Å²) in [5.41, 5.74) is 1.83. The molecule has 7 rings (SSSR count). The van der Waals surface area contributed by atoms with E-state index in [9.17, 15) is 9.59 Å². The molecule has 1 aliphatic heterocycles. The second-order valence-electron chi connectivity index (χ2n) is 21.1. The van der Waals surface area contributed by atoms with Gasteiger partial charge in [-0.15, -0.1) is 6.58 Å². The van der Waals surface area contributed by atoms with E-state index in [-0.39, 0.29) is 28.5 Å². The molecule has 4 aliphatic carbocycles. The van der Waals surface area contributed by atoms with Gasteiger partial charge in [0.15, 0.2) is 8.32 Å². The monoisotopic (exact) mass is 838 g/mol. The third-order valence-electron chi connectivity index (χ3n) is 15.1. The van der Waals surface area contributed by atoms with E-state index < -0.39 is 46.0 Å². The van der Waals surface area contributed by atoms with Gasteiger partial charge >= 0.3 is 11.9 Å². The smallest absolute Gasteiger partial charge is 0.302 e. The van der Waals surface area contributed by atoms with Crippen LogP contribution < -0.4 is 10.4 Å². The Bertz CT molecular complexity index is 1960. The molecular formula is C50H70O7Si2. The Morgan fingerprint density at radius 2 is 1.47 bits per heavy atom. The van der Waals surface area contributed by atoms with Gasteiger partial charge in [0, 0.05) is 25.8 Å². The second-order valence-corrected chi connectivity index (χ2v) is 29.7. The summed E-state index contributed by atoms with van der Waals surface area (Å²) in [6, 6.07) is 21.6. The molecule has 10 atom stereocenters. The molecule has 0 spiro atoms. The normalized spacial score (nSPS) is 33.4. The molecule has 0 N–H and O–H groups in total. The zero-order chi connectivity index (χ0) is 42.9. The number of rotatable bonds is 11. The van der Waals surface area contributed by atoms with E-state index in [0.29, 0.717) is 24.2 Å². The zero-order valence-corrected chi connectivity index (χ0v) is 39.9. The minimum Gasteiger partial charge on any atom is -0.485 e. The second kappa shape index (κ2) is 15.6. The van der Waals surface area contributed by atoms with Gasteiger partial charge < -0.3 is 23.1 Å². The van der Waals surface area contributed by atoms with Crippen LogP contribution in [0.1, 0.15) is 107 Å². The van der Waals surface area contributed by atoms with Crippen LogP contribution in [0.3, 0.4) is 0 Å². The Kier molecular flexibility index (Phi) is 11.6. The van der Waals surface area contributed by atoms with Crippen molar-refractivity contribution in [1.29, 1.82) is 0 Å². The van der Waals surface area contributed by atoms with Crippen molar-refractivity contribution in [3.8, 4) is 0 Å². The molecule has 0 aromatic heterocycles. The van der Waals surface area contributed by atoms with Crippen LogP contribution in [-0.4, -0.2) is 58.6 Å². The molecule has 3 fully saturated rings. The number of hydrogen-bond donors (Lipinski definition) is 0. The molecule has 0 bridgehead atoms. The van der Waals surface area contributed by atoms with Crippen molar-refractivity contribution in [3.05, 3.63) is 95.8 Å². The molecule has 0 radical (unpaired) electrons. The third kappa shape index (κ3) is 7.27. The molecule has 7 nitrogen and oxygen atoms in total. The van der Waals surface area contributed by atoms with Crippen molar-refractivity contribution in [1.82, 2.24) is 0 Å². The molecule has 59 heavy (non-hydrogen) atoms. The molecule has 5 aliphatic rings. The Balaban J connectivity index is 1.37. The van der Waals surface area contributed by atoms with E-state index >= 15 is 0 Å². The highest BCUT2D eigenvalue weighted by Crippen LogP contribution is 2.71. The van der Waals surface area contributed by atoms with Crippen LogP contribution in [0.25, 0.3) is 0 Å². The first-order chi connectivity index (χ1) is 27.6. The van der Waals surface area contributed by atoms with E-state index in [1.807, 2.05) is 0 Å². The number of ether oxygens (including phenoxy) is 3. The molecule has 1 heterocycles. The fourth-order valence-corrected chi connectivity index (χ4v) is 18.9. The first-order valence-electron chi connectivity index (χ1n) is 22.2. The zero-order valence-electron chi connectivity index (χ0n) is 37.9. The fourth-order valence-electron chi connectivity index (χ4n) is 12.8. The quantitative estimate of drug-likeness (QED) is 0.127. The van der Waals surface area contributed by atoms with Crippen LogP contribution >= 0.6 is 0 Å². The summed E-state index contributed by atoms with van der Waals surface area (Å²) in [5.74, 6) is 1.39. The van der Waals surface area contributed by atoms with Gasteiger partial charge in [-0.3, -0.25) is 9.59 Å². The number of benzene rings is 2.